The van der Waals surface area contributed by atoms with E-state index in [0.29, 0.717) is 11.6 Å². The van der Waals surface area contributed by atoms with Crippen molar-refractivity contribution in [3.8, 4) is 11.6 Å². The number of aromatic nitrogens is 1. The lowest BCUT2D eigenvalue weighted by Crippen LogP contribution is -2.16. The summed E-state index contributed by atoms with van der Waals surface area (Å²) in [6.45, 7) is 5.96. The topological polar surface area (TPSA) is 42.4 Å². The normalized spacial score (nSPS) is 10.4. The van der Waals surface area contributed by atoms with E-state index < -0.39 is 0 Å². The minimum atomic E-state index is 0.491. The van der Waals surface area contributed by atoms with Crippen LogP contribution in [0.15, 0.2) is 60.8 Å². The Morgan fingerprint density at radius 2 is 1.56 bits per heavy atom. The van der Waals surface area contributed by atoms with E-state index >= 15 is 0 Å². The summed E-state index contributed by atoms with van der Waals surface area (Å²) in [5.41, 5.74) is 4.69. The molecule has 0 aliphatic heterocycles. The zero-order valence-corrected chi connectivity index (χ0v) is 14.6. The van der Waals surface area contributed by atoms with E-state index in [9.17, 15) is 4.79 Å². The fourth-order valence-electron chi connectivity index (χ4n) is 2.79. The predicted molar refractivity (Wildman–Crippen MR) is 99.6 cm³/mol. The van der Waals surface area contributed by atoms with Crippen LogP contribution < -0.4 is 9.64 Å². The number of carbonyl (C=O) groups is 1. The molecule has 0 bridgehead atoms. The summed E-state index contributed by atoms with van der Waals surface area (Å²) in [4.78, 5) is 17.7. The van der Waals surface area contributed by atoms with Crippen molar-refractivity contribution < 1.29 is 9.53 Å². The predicted octanol–water partition coefficient (Wildman–Crippen LogP) is 5.09. The van der Waals surface area contributed by atoms with Gasteiger partial charge in [0.15, 0.2) is 0 Å². The highest BCUT2D eigenvalue weighted by molar-refractivity contribution is 5.88. The van der Waals surface area contributed by atoms with Gasteiger partial charge in [-0.1, -0.05) is 36.4 Å². The molecule has 0 saturated carbocycles. The third-order valence-electron chi connectivity index (χ3n) is 4.09. The molecule has 0 saturated heterocycles. The third-order valence-corrected chi connectivity index (χ3v) is 4.09. The molecule has 0 fully saturated rings. The maximum atomic E-state index is 11.7. The van der Waals surface area contributed by atoms with Gasteiger partial charge >= 0.3 is 0 Å². The van der Waals surface area contributed by atoms with Crippen molar-refractivity contribution in [2.75, 3.05) is 4.90 Å². The second-order valence-corrected chi connectivity index (χ2v) is 5.94. The van der Waals surface area contributed by atoms with E-state index in [-0.39, 0.29) is 0 Å². The van der Waals surface area contributed by atoms with Gasteiger partial charge in [0.25, 0.3) is 0 Å². The van der Waals surface area contributed by atoms with Gasteiger partial charge < -0.3 is 4.74 Å². The van der Waals surface area contributed by atoms with Crippen LogP contribution in [-0.4, -0.2) is 11.4 Å². The van der Waals surface area contributed by atoms with E-state index in [1.54, 1.807) is 17.2 Å². The number of aryl methyl sites for hydroxylation is 3. The molecule has 1 amide bonds. The van der Waals surface area contributed by atoms with Gasteiger partial charge in [-0.05, 0) is 49.6 Å². The van der Waals surface area contributed by atoms with Crippen molar-refractivity contribution in [3.63, 3.8) is 0 Å². The molecule has 126 valence electrons. The Bertz CT molecular complexity index is 868. The van der Waals surface area contributed by atoms with E-state index in [1.807, 2.05) is 69.3 Å². The van der Waals surface area contributed by atoms with Crippen LogP contribution in [0.2, 0.25) is 0 Å². The summed E-state index contributed by atoms with van der Waals surface area (Å²) >= 11 is 0. The van der Waals surface area contributed by atoms with Crippen LogP contribution in [0.3, 0.4) is 0 Å². The molecule has 0 spiro atoms. The second-order valence-electron chi connectivity index (χ2n) is 5.94. The molecular weight excluding hydrogens is 312 g/mol. The molecule has 0 unspecified atom stereocenters. The number of para-hydroxylation sites is 2. The van der Waals surface area contributed by atoms with E-state index in [1.165, 1.54) is 0 Å². The van der Waals surface area contributed by atoms with Crippen LogP contribution in [0.4, 0.5) is 11.4 Å². The molecule has 1 aromatic heterocycles. The molecule has 3 rings (SSSR count). The molecule has 0 aliphatic carbocycles. The average Bonchev–Trinajstić information content (AvgIpc) is 2.61. The Labute approximate surface area is 147 Å². The van der Waals surface area contributed by atoms with Gasteiger partial charge in [0, 0.05) is 6.07 Å². The Hall–Kier alpha value is -3.14. The Morgan fingerprint density at radius 1 is 0.880 bits per heavy atom. The van der Waals surface area contributed by atoms with Crippen molar-refractivity contribution >= 4 is 17.8 Å². The molecular formula is C21H20N2O2. The van der Waals surface area contributed by atoms with Gasteiger partial charge in [0.05, 0.1) is 17.6 Å². The van der Waals surface area contributed by atoms with E-state index in [4.69, 9.17) is 4.74 Å². The van der Waals surface area contributed by atoms with Gasteiger partial charge in [-0.25, -0.2) is 4.98 Å². The van der Waals surface area contributed by atoms with Gasteiger partial charge in [0.1, 0.15) is 5.75 Å². The molecule has 2 aromatic carbocycles. The molecule has 0 radical (unpaired) electrons. The SMILES string of the molecule is Cc1ccccc1Oc1ccc(N(C=O)c2c(C)cccc2C)cn1. The quantitative estimate of drug-likeness (QED) is 0.611. The van der Waals surface area contributed by atoms with E-state index in [2.05, 4.69) is 4.98 Å². The standard InChI is InChI=1S/C21H20N2O2/c1-15-7-4-5-10-19(15)25-20-12-11-18(13-22-20)23(14-24)21-16(2)8-6-9-17(21)3/h4-14H,1-3H3. The van der Waals surface area contributed by atoms with Crippen molar-refractivity contribution in [2.45, 2.75) is 20.8 Å². The van der Waals surface area contributed by atoms with Gasteiger partial charge in [-0.3, -0.25) is 9.69 Å². The highest BCUT2D eigenvalue weighted by Crippen LogP contribution is 2.31. The lowest BCUT2D eigenvalue weighted by atomic mass is 10.1. The van der Waals surface area contributed by atoms with Crippen molar-refractivity contribution in [2.24, 2.45) is 0 Å². The molecule has 25 heavy (non-hydrogen) atoms. The lowest BCUT2D eigenvalue weighted by Gasteiger charge is -2.21. The number of rotatable bonds is 5. The van der Waals surface area contributed by atoms with Crippen LogP contribution in [0.5, 0.6) is 11.6 Å². The smallest absolute Gasteiger partial charge is 0.219 e. The largest absolute Gasteiger partial charge is 0.439 e. The van der Waals surface area contributed by atoms with Gasteiger partial charge in [-0.15, -0.1) is 0 Å². The number of hydrogen-bond donors (Lipinski definition) is 0. The Kier molecular flexibility index (Phi) is 4.80. The molecule has 0 N–H and O–H groups in total. The molecule has 0 aliphatic rings. The Balaban J connectivity index is 1.88. The molecule has 1 heterocycles. The molecule has 4 nitrogen and oxygen atoms in total. The summed E-state index contributed by atoms with van der Waals surface area (Å²) in [7, 11) is 0. The molecule has 4 heteroatoms. The van der Waals surface area contributed by atoms with Gasteiger partial charge in [-0.2, -0.15) is 0 Å². The monoisotopic (exact) mass is 332 g/mol. The first-order valence-corrected chi connectivity index (χ1v) is 8.10. The summed E-state index contributed by atoms with van der Waals surface area (Å²) in [5.74, 6) is 1.26. The maximum absolute atomic E-state index is 11.7. The van der Waals surface area contributed by atoms with Crippen LogP contribution in [0.1, 0.15) is 16.7 Å². The number of nitrogens with zero attached hydrogens (tertiary/aromatic N) is 2. The fourth-order valence-corrected chi connectivity index (χ4v) is 2.79. The second kappa shape index (κ2) is 7.18. The van der Waals surface area contributed by atoms with Crippen molar-refractivity contribution in [3.05, 3.63) is 77.5 Å². The van der Waals surface area contributed by atoms with Gasteiger partial charge in [0.2, 0.25) is 12.3 Å². The van der Waals surface area contributed by atoms with E-state index in [0.717, 1.165) is 34.5 Å². The minimum Gasteiger partial charge on any atom is -0.439 e. The van der Waals surface area contributed by atoms with Crippen LogP contribution in [0, 0.1) is 20.8 Å². The fraction of sp³-hybridized carbons (Fsp3) is 0.143. The number of amides is 1. The number of ether oxygens (including phenoxy) is 1. The molecule has 3 aromatic rings. The number of benzene rings is 2. The first kappa shape index (κ1) is 16.7. The highest BCUT2D eigenvalue weighted by Gasteiger charge is 2.14. The molecule has 0 atom stereocenters. The van der Waals surface area contributed by atoms with Crippen LogP contribution >= 0.6 is 0 Å². The number of hydrogen-bond acceptors (Lipinski definition) is 3. The number of pyridine rings is 1. The third kappa shape index (κ3) is 3.53. The highest BCUT2D eigenvalue weighted by atomic mass is 16.5. The zero-order chi connectivity index (χ0) is 17.8. The minimum absolute atomic E-state index is 0.491. The summed E-state index contributed by atoms with van der Waals surface area (Å²) in [6.07, 6.45) is 2.46. The number of anilines is 2. The zero-order valence-electron chi connectivity index (χ0n) is 14.6. The number of carbonyl (C=O) groups excluding carboxylic acids is 1. The van der Waals surface area contributed by atoms with Crippen molar-refractivity contribution in [1.29, 1.82) is 0 Å². The summed E-state index contributed by atoms with van der Waals surface area (Å²) in [6, 6.07) is 17.3. The lowest BCUT2D eigenvalue weighted by molar-refractivity contribution is -0.106. The maximum Gasteiger partial charge on any atom is 0.219 e. The first-order chi connectivity index (χ1) is 12.1. The van der Waals surface area contributed by atoms with Crippen molar-refractivity contribution in [1.82, 2.24) is 4.98 Å². The Morgan fingerprint density at radius 3 is 2.16 bits per heavy atom. The average molecular weight is 332 g/mol. The summed E-state index contributed by atoms with van der Waals surface area (Å²) in [5, 5.41) is 0. The summed E-state index contributed by atoms with van der Waals surface area (Å²) < 4.78 is 5.81. The van der Waals surface area contributed by atoms with Crippen LogP contribution in [0.25, 0.3) is 0 Å². The van der Waals surface area contributed by atoms with Crippen LogP contribution in [-0.2, 0) is 4.79 Å². The first-order valence-electron chi connectivity index (χ1n) is 8.10.